The second-order valence-corrected chi connectivity index (χ2v) is 12.0. The smallest absolute Gasteiger partial charge is 0.165 e. The third-order valence-corrected chi connectivity index (χ3v) is 9.48. The van der Waals surface area contributed by atoms with E-state index in [-0.39, 0.29) is 0 Å². The molecule has 0 atom stereocenters. The van der Waals surface area contributed by atoms with E-state index in [4.69, 9.17) is 15.0 Å². The first-order valence-electron chi connectivity index (χ1n) is 14.7. The number of hydrogen-bond acceptors (Lipinski definition) is 5. The van der Waals surface area contributed by atoms with Crippen molar-refractivity contribution in [2.75, 3.05) is 6.54 Å². The van der Waals surface area contributed by atoms with Crippen LogP contribution in [0.3, 0.4) is 0 Å². The normalized spacial score (nSPS) is 12.5. The molecule has 0 saturated carbocycles. The summed E-state index contributed by atoms with van der Waals surface area (Å²) in [5, 5.41) is 8.33. The Morgan fingerprint density at radius 3 is 1.80 bits per heavy atom. The molecule has 0 radical (unpaired) electrons. The molecule has 5 aromatic carbocycles. The number of nitrogens with one attached hydrogen (secondary N) is 1. The molecule has 4 heterocycles. The summed E-state index contributed by atoms with van der Waals surface area (Å²) in [7, 11) is 0. The summed E-state index contributed by atoms with van der Waals surface area (Å²) in [6.45, 7) is 0.801. The molecule has 0 unspecified atom stereocenters. The summed E-state index contributed by atoms with van der Waals surface area (Å²) >= 11 is 1.78. The summed E-state index contributed by atoms with van der Waals surface area (Å²) in [4.78, 5) is 15.2. The van der Waals surface area contributed by atoms with E-state index in [9.17, 15) is 0 Å². The molecule has 0 saturated heterocycles. The highest BCUT2D eigenvalue weighted by molar-refractivity contribution is 7.17. The van der Waals surface area contributed by atoms with Crippen LogP contribution in [-0.2, 0) is 0 Å². The lowest BCUT2D eigenvalue weighted by molar-refractivity contribution is 1.06. The predicted octanol–water partition coefficient (Wildman–Crippen LogP) is 7.31. The van der Waals surface area contributed by atoms with Crippen LogP contribution in [0.4, 0.5) is 0 Å². The Bertz CT molecular complexity index is 2380. The van der Waals surface area contributed by atoms with E-state index in [0.717, 1.165) is 28.9 Å². The number of rotatable bonds is 4. The zero-order chi connectivity index (χ0) is 29.0. The van der Waals surface area contributed by atoms with E-state index in [2.05, 4.69) is 107 Å². The van der Waals surface area contributed by atoms with Gasteiger partial charge in [0.25, 0.3) is 0 Å². The van der Waals surface area contributed by atoms with E-state index in [1.54, 1.807) is 11.3 Å². The van der Waals surface area contributed by atoms with Crippen molar-refractivity contribution in [3.63, 3.8) is 0 Å². The van der Waals surface area contributed by atoms with Crippen molar-refractivity contribution in [3.8, 4) is 39.9 Å². The molecule has 208 valence electrons. The van der Waals surface area contributed by atoms with Gasteiger partial charge >= 0.3 is 0 Å². The van der Waals surface area contributed by atoms with Gasteiger partial charge in [-0.25, -0.2) is 15.0 Å². The van der Waals surface area contributed by atoms with Crippen molar-refractivity contribution in [3.05, 3.63) is 131 Å². The number of hydrogen-bond donors (Lipinski definition) is 1. The zero-order valence-corrected chi connectivity index (χ0v) is 24.4. The zero-order valence-electron chi connectivity index (χ0n) is 23.6. The monoisotopic (exact) mass is 583 g/mol. The Kier molecular flexibility index (Phi) is 5.67. The van der Waals surface area contributed by atoms with Gasteiger partial charge in [-0.05, 0) is 29.5 Å². The largest absolute Gasteiger partial charge is 0.386 e. The van der Waals surface area contributed by atoms with Gasteiger partial charge in [0, 0.05) is 56.0 Å². The Labute approximate surface area is 257 Å². The molecule has 0 bridgehead atoms. The van der Waals surface area contributed by atoms with E-state index in [1.807, 2.05) is 36.4 Å². The minimum atomic E-state index is 0.658. The second-order valence-electron chi connectivity index (χ2n) is 10.9. The van der Waals surface area contributed by atoms with Crippen LogP contribution in [0.25, 0.3) is 84.0 Å². The lowest BCUT2D eigenvalue weighted by Crippen LogP contribution is -2.28. The highest BCUT2D eigenvalue weighted by Gasteiger charge is 2.20. The van der Waals surface area contributed by atoms with Crippen LogP contribution in [0.5, 0.6) is 0 Å². The summed E-state index contributed by atoms with van der Waals surface area (Å²) in [5.41, 5.74) is 6.34. The molecule has 0 aliphatic carbocycles. The van der Waals surface area contributed by atoms with Crippen molar-refractivity contribution in [2.45, 2.75) is 0 Å². The second kappa shape index (κ2) is 10.0. The maximum atomic E-state index is 5.14. The van der Waals surface area contributed by atoms with Gasteiger partial charge in [0.2, 0.25) is 0 Å². The van der Waals surface area contributed by atoms with Crippen molar-refractivity contribution < 1.29 is 0 Å². The highest BCUT2D eigenvalue weighted by atomic mass is 32.1. The maximum Gasteiger partial charge on any atom is 0.165 e. The van der Waals surface area contributed by atoms with Gasteiger partial charge < -0.3 is 9.88 Å². The number of nitrogens with zero attached hydrogens (tertiary/aromatic N) is 4. The molecule has 1 aliphatic rings. The van der Waals surface area contributed by atoms with Crippen LogP contribution in [-0.4, -0.2) is 26.1 Å². The summed E-state index contributed by atoms with van der Waals surface area (Å²) in [5.74, 6) is 1.98. The molecule has 3 aromatic heterocycles. The average Bonchev–Trinajstić information content (AvgIpc) is 3.64. The van der Waals surface area contributed by atoms with E-state index in [0.29, 0.717) is 17.5 Å². The van der Waals surface area contributed by atoms with E-state index >= 15 is 0 Å². The molecule has 6 heteroatoms. The maximum absolute atomic E-state index is 5.14. The molecule has 0 amide bonds. The summed E-state index contributed by atoms with van der Waals surface area (Å²) in [6, 6.07) is 42.2. The van der Waals surface area contributed by atoms with Gasteiger partial charge in [0.15, 0.2) is 17.5 Å². The fourth-order valence-corrected chi connectivity index (χ4v) is 7.48. The highest BCUT2D eigenvalue weighted by Crippen LogP contribution is 2.37. The summed E-state index contributed by atoms with van der Waals surface area (Å²) in [6.07, 6.45) is 4.41. The summed E-state index contributed by atoms with van der Waals surface area (Å²) < 4.78 is 4.76. The molecular weight excluding hydrogens is 559 g/mol. The fourth-order valence-electron chi connectivity index (χ4n) is 6.28. The third-order valence-electron chi connectivity index (χ3n) is 8.28. The minimum absolute atomic E-state index is 0.658. The van der Waals surface area contributed by atoms with Gasteiger partial charge in [0.1, 0.15) is 0 Å². The number of aromatic nitrogens is 4. The van der Waals surface area contributed by atoms with Crippen LogP contribution in [0.15, 0.2) is 121 Å². The minimum Gasteiger partial charge on any atom is -0.386 e. The van der Waals surface area contributed by atoms with Crippen LogP contribution in [0.2, 0.25) is 0 Å². The fraction of sp³-hybridized carbons (Fsp3) is 0.0263. The van der Waals surface area contributed by atoms with Crippen LogP contribution < -0.4 is 15.1 Å². The van der Waals surface area contributed by atoms with Crippen molar-refractivity contribution in [1.82, 2.24) is 24.8 Å². The third kappa shape index (κ3) is 3.96. The number of para-hydroxylation sites is 2. The standard InChI is InChI=1S/C38H25N5S/c1-3-11-24(12-4-1)36-40-37(25-13-5-2-6-14-25)42-38(41-36)31-22-26(21-30-29-19-20-39-23-34(29)44-35(30)31)43-32-17-9-7-15-27(32)28-16-8-10-18-33(28)43/h1-19,21-23,39H,20H2. The first-order valence-corrected chi connectivity index (χ1v) is 15.5. The van der Waals surface area contributed by atoms with Crippen molar-refractivity contribution >= 4 is 55.5 Å². The van der Waals surface area contributed by atoms with Gasteiger partial charge in [-0.2, -0.15) is 0 Å². The quantitative estimate of drug-likeness (QED) is 0.236. The average molecular weight is 584 g/mol. The first-order chi connectivity index (χ1) is 21.8. The molecule has 1 N–H and O–H groups in total. The van der Waals surface area contributed by atoms with E-state index in [1.165, 1.54) is 41.6 Å². The predicted molar refractivity (Wildman–Crippen MR) is 182 cm³/mol. The molecule has 5 nitrogen and oxygen atoms in total. The van der Waals surface area contributed by atoms with Gasteiger partial charge in [-0.15, -0.1) is 11.3 Å². The topological polar surface area (TPSA) is 55.6 Å². The number of benzene rings is 5. The molecule has 1 aliphatic heterocycles. The Morgan fingerprint density at radius 2 is 1.16 bits per heavy atom. The molecule has 8 aromatic rings. The number of thiophene rings is 1. The van der Waals surface area contributed by atoms with Crippen LogP contribution in [0.1, 0.15) is 0 Å². The lowest BCUT2D eigenvalue weighted by Gasteiger charge is -2.13. The van der Waals surface area contributed by atoms with Crippen molar-refractivity contribution in [2.24, 2.45) is 0 Å². The molecule has 0 fully saturated rings. The van der Waals surface area contributed by atoms with Gasteiger partial charge in [-0.3, -0.25) is 0 Å². The number of fused-ring (bicyclic) bond motifs is 6. The Hall–Kier alpha value is -5.59. The van der Waals surface area contributed by atoms with Gasteiger partial charge in [-0.1, -0.05) is 103 Å². The van der Waals surface area contributed by atoms with Gasteiger partial charge in [0.05, 0.1) is 15.6 Å². The van der Waals surface area contributed by atoms with Crippen LogP contribution >= 0.6 is 11.3 Å². The first kappa shape index (κ1) is 25.0. The Balaban J connectivity index is 1.40. The molecule has 0 spiro atoms. The van der Waals surface area contributed by atoms with E-state index < -0.39 is 0 Å². The lowest BCUT2D eigenvalue weighted by atomic mass is 10.1. The van der Waals surface area contributed by atoms with Crippen LogP contribution in [0, 0.1) is 0 Å². The SMILES string of the molecule is C1=c2sc3c(-c4nc(-c5ccccc5)nc(-c5ccccc5)n4)cc(-n4c5ccccc5c5ccccc54)cc3c2=CCN1. The van der Waals surface area contributed by atoms with Crippen molar-refractivity contribution in [1.29, 1.82) is 0 Å². The molecule has 44 heavy (non-hydrogen) atoms. The molecule has 9 rings (SSSR count). The Morgan fingerprint density at radius 1 is 0.591 bits per heavy atom. The molecular formula is C38H25N5S.